The number of hydrogen-bond donors (Lipinski definition) is 0. The van der Waals surface area contributed by atoms with Crippen molar-refractivity contribution in [1.82, 2.24) is 9.88 Å². The lowest BCUT2D eigenvalue weighted by molar-refractivity contribution is 0.0780. The van der Waals surface area contributed by atoms with Crippen molar-refractivity contribution in [2.75, 3.05) is 7.05 Å². The molecule has 0 unspecified atom stereocenters. The minimum absolute atomic E-state index is 0.139. The lowest BCUT2D eigenvalue weighted by atomic mass is 10.2. The standard InChI is InChI=1S/C16H12Cl2N2OS2/c1-20(8-10-4-2-5-11(17)14(10)18)16(21)12-9-23-15(19-12)13-6-3-7-22-13/h2-7,9H,8H2,1H3. The maximum atomic E-state index is 12.5. The predicted octanol–water partition coefficient (Wildman–Crippen LogP) is 5.45. The van der Waals surface area contributed by atoms with Crippen LogP contribution in [0.4, 0.5) is 0 Å². The van der Waals surface area contributed by atoms with Gasteiger partial charge in [0.25, 0.3) is 5.91 Å². The SMILES string of the molecule is CN(Cc1cccc(Cl)c1Cl)C(=O)c1csc(-c2cccs2)n1. The molecule has 3 nitrogen and oxygen atoms in total. The molecule has 0 aliphatic heterocycles. The number of carbonyl (C=O) groups excluding carboxylic acids is 1. The van der Waals surface area contributed by atoms with E-state index in [4.69, 9.17) is 23.2 Å². The Labute approximate surface area is 152 Å². The Morgan fingerprint density at radius 1 is 1.22 bits per heavy atom. The summed E-state index contributed by atoms with van der Waals surface area (Å²) in [6.07, 6.45) is 0. The highest BCUT2D eigenvalue weighted by Crippen LogP contribution is 2.29. The highest BCUT2D eigenvalue weighted by molar-refractivity contribution is 7.20. The first kappa shape index (κ1) is 16.5. The Morgan fingerprint density at radius 3 is 2.78 bits per heavy atom. The molecule has 0 N–H and O–H groups in total. The van der Waals surface area contributed by atoms with Gasteiger partial charge in [-0.2, -0.15) is 0 Å². The first-order valence-corrected chi connectivity index (χ1v) is 9.25. The third-order valence-corrected chi connectivity index (χ3v) is 5.98. The molecule has 3 aromatic rings. The summed E-state index contributed by atoms with van der Waals surface area (Å²) in [4.78, 5) is 19.6. The molecule has 2 heterocycles. The van der Waals surface area contributed by atoms with Crippen LogP contribution in [0.2, 0.25) is 10.0 Å². The number of benzene rings is 1. The number of thiazole rings is 1. The van der Waals surface area contributed by atoms with Crippen LogP contribution in [0.15, 0.2) is 41.1 Å². The summed E-state index contributed by atoms with van der Waals surface area (Å²) in [5.41, 5.74) is 1.25. The van der Waals surface area contributed by atoms with Crippen LogP contribution in [0.1, 0.15) is 16.1 Å². The van der Waals surface area contributed by atoms with E-state index in [1.54, 1.807) is 34.7 Å². The van der Waals surface area contributed by atoms with Crippen LogP contribution in [-0.4, -0.2) is 22.8 Å². The maximum Gasteiger partial charge on any atom is 0.273 e. The molecule has 0 fully saturated rings. The Balaban J connectivity index is 1.76. The molecule has 0 saturated heterocycles. The first-order chi connectivity index (χ1) is 11.1. The van der Waals surface area contributed by atoms with Crippen LogP contribution in [-0.2, 0) is 6.54 Å². The van der Waals surface area contributed by atoms with Crippen molar-refractivity contribution < 1.29 is 4.79 Å². The fourth-order valence-corrected chi connectivity index (χ4v) is 4.07. The lowest BCUT2D eigenvalue weighted by Crippen LogP contribution is -2.26. The topological polar surface area (TPSA) is 33.2 Å². The number of amides is 1. The van der Waals surface area contributed by atoms with Gasteiger partial charge in [-0.25, -0.2) is 4.98 Å². The average Bonchev–Trinajstić information content (AvgIpc) is 3.21. The van der Waals surface area contributed by atoms with E-state index < -0.39 is 0 Å². The summed E-state index contributed by atoms with van der Waals surface area (Å²) in [7, 11) is 1.73. The van der Waals surface area contributed by atoms with Gasteiger partial charge in [0.2, 0.25) is 0 Å². The van der Waals surface area contributed by atoms with E-state index in [2.05, 4.69) is 4.98 Å². The van der Waals surface area contributed by atoms with E-state index in [0.29, 0.717) is 22.3 Å². The summed E-state index contributed by atoms with van der Waals surface area (Å²) in [6.45, 7) is 0.379. The van der Waals surface area contributed by atoms with Gasteiger partial charge in [0, 0.05) is 19.0 Å². The van der Waals surface area contributed by atoms with E-state index in [9.17, 15) is 4.79 Å². The van der Waals surface area contributed by atoms with Gasteiger partial charge in [0.05, 0.1) is 14.9 Å². The van der Waals surface area contributed by atoms with Gasteiger partial charge < -0.3 is 4.90 Å². The predicted molar refractivity (Wildman–Crippen MR) is 97.7 cm³/mol. The fourth-order valence-electron chi connectivity index (χ4n) is 2.08. The van der Waals surface area contributed by atoms with Crippen molar-refractivity contribution in [2.45, 2.75) is 6.54 Å². The molecule has 3 rings (SSSR count). The highest BCUT2D eigenvalue weighted by atomic mass is 35.5. The minimum atomic E-state index is -0.139. The molecule has 0 atom stereocenters. The Bertz CT molecular complexity index is 830. The molecule has 0 aliphatic rings. The van der Waals surface area contributed by atoms with Gasteiger partial charge in [0.1, 0.15) is 10.7 Å². The Hall–Kier alpha value is -1.40. The number of carbonyl (C=O) groups is 1. The van der Waals surface area contributed by atoms with Crippen molar-refractivity contribution in [3.05, 3.63) is 62.4 Å². The van der Waals surface area contributed by atoms with Crippen molar-refractivity contribution in [2.24, 2.45) is 0 Å². The third kappa shape index (κ3) is 3.58. The smallest absolute Gasteiger partial charge is 0.273 e. The van der Waals surface area contributed by atoms with Gasteiger partial charge in [-0.1, -0.05) is 41.4 Å². The third-order valence-electron chi connectivity index (χ3n) is 3.24. The minimum Gasteiger partial charge on any atom is -0.336 e. The lowest BCUT2D eigenvalue weighted by Gasteiger charge is -2.17. The van der Waals surface area contributed by atoms with E-state index in [-0.39, 0.29) is 5.91 Å². The number of nitrogens with zero attached hydrogens (tertiary/aromatic N) is 2. The molecular weight excluding hydrogens is 371 g/mol. The summed E-state index contributed by atoms with van der Waals surface area (Å²) < 4.78 is 0. The molecule has 2 aromatic heterocycles. The van der Waals surface area contributed by atoms with Crippen molar-refractivity contribution in [1.29, 1.82) is 0 Å². The maximum absolute atomic E-state index is 12.5. The molecule has 0 bridgehead atoms. The zero-order valence-corrected chi connectivity index (χ0v) is 15.3. The van der Waals surface area contributed by atoms with Crippen LogP contribution in [0, 0.1) is 0 Å². The van der Waals surface area contributed by atoms with E-state index in [0.717, 1.165) is 15.4 Å². The largest absolute Gasteiger partial charge is 0.336 e. The number of halogens is 2. The second-order valence-electron chi connectivity index (χ2n) is 4.89. The summed E-state index contributed by atoms with van der Waals surface area (Å²) in [5, 5.41) is 5.60. The summed E-state index contributed by atoms with van der Waals surface area (Å²) in [5.74, 6) is -0.139. The number of hydrogen-bond acceptors (Lipinski definition) is 4. The first-order valence-electron chi connectivity index (χ1n) is 6.74. The van der Waals surface area contributed by atoms with Gasteiger partial charge in [-0.05, 0) is 23.1 Å². The second kappa shape index (κ2) is 7.01. The molecule has 0 radical (unpaired) electrons. The van der Waals surface area contributed by atoms with Crippen LogP contribution in [0.25, 0.3) is 9.88 Å². The van der Waals surface area contributed by atoms with Gasteiger partial charge in [-0.3, -0.25) is 4.79 Å². The molecule has 0 saturated carbocycles. The monoisotopic (exact) mass is 382 g/mol. The Morgan fingerprint density at radius 2 is 2.04 bits per heavy atom. The molecule has 0 aliphatic carbocycles. The molecule has 1 amide bonds. The van der Waals surface area contributed by atoms with Crippen molar-refractivity contribution >= 4 is 51.8 Å². The zero-order valence-electron chi connectivity index (χ0n) is 12.1. The molecule has 118 valence electrons. The van der Waals surface area contributed by atoms with Gasteiger partial charge in [-0.15, -0.1) is 22.7 Å². The number of thiophene rings is 1. The van der Waals surface area contributed by atoms with E-state index >= 15 is 0 Å². The van der Waals surface area contributed by atoms with E-state index in [1.807, 2.05) is 29.6 Å². The van der Waals surface area contributed by atoms with Crippen LogP contribution in [0.5, 0.6) is 0 Å². The van der Waals surface area contributed by atoms with Crippen LogP contribution in [0.3, 0.4) is 0 Å². The zero-order chi connectivity index (χ0) is 16.4. The second-order valence-corrected chi connectivity index (χ2v) is 7.48. The van der Waals surface area contributed by atoms with Crippen LogP contribution < -0.4 is 0 Å². The van der Waals surface area contributed by atoms with Crippen LogP contribution >= 0.6 is 45.9 Å². The van der Waals surface area contributed by atoms with Gasteiger partial charge >= 0.3 is 0 Å². The van der Waals surface area contributed by atoms with Crippen molar-refractivity contribution in [3.63, 3.8) is 0 Å². The van der Waals surface area contributed by atoms with Crippen molar-refractivity contribution in [3.8, 4) is 9.88 Å². The number of rotatable bonds is 4. The van der Waals surface area contributed by atoms with E-state index in [1.165, 1.54) is 11.3 Å². The summed E-state index contributed by atoms with van der Waals surface area (Å²) >= 11 is 15.3. The Kier molecular flexibility index (Phi) is 5.02. The highest BCUT2D eigenvalue weighted by Gasteiger charge is 2.18. The molecule has 23 heavy (non-hydrogen) atoms. The fraction of sp³-hybridized carbons (Fsp3) is 0.125. The normalized spacial score (nSPS) is 10.7. The summed E-state index contributed by atoms with van der Waals surface area (Å²) in [6, 6.07) is 9.36. The molecular formula is C16H12Cl2N2OS2. The quantitative estimate of drug-likeness (QED) is 0.600. The van der Waals surface area contributed by atoms with Gasteiger partial charge in [0.15, 0.2) is 0 Å². The number of aromatic nitrogens is 1. The molecule has 0 spiro atoms. The molecule has 1 aromatic carbocycles. The average molecular weight is 383 g/mol. The molecule has 7 heteroatoms.